The number of aromatic amines is 1. The van der Waals surface area contributed by atoms with E-state index in [-0.39, 0.29) is 5.91 Å². The first-order valence-corrected chi connectivity index (χ1v) is 8.96. The van der Waals surface area contributed by atoms with Crippen LogP contribution in [0.2, 0.25) is 0 Å². The number of carbonyl (C=O) groups excluding carboxylic acids is 1. The first kappa shape index (κ1) is 14.4. The van der Waals surface area contributed by atoms with Crippen LogP contribution in [-0.2, 0) is 0 Å². The van der Waals surface area contributed by atoms with Gasteiger partial charge in [0, 0.05) is 16.8 Å². The Labute approximate surface area is 146 Å². The highest BCUT2D eigenvalue weighted by Gasteiger charge is 2.30. The fourth-order valence-electron chi connectivity index (χ4n) is 2.78. The predicted octanol–water partition coefficient (Wildman–Crippen LogP) is 4.41. The highest BCUT2D eigenvalue weighted by Crippen LogP contribution is 2.41. The van der Waals surface area contributed by atoms with Gasteiger partial charge in [0.1, 0.15) is 10.6 Å². The lowest BCUT2D eigenvalue weighted by Crippen LogP contribution is -2.12. The molecule has 0 spiro atoms. The van der Waals surface area contributed by atoms with E-state index in [4.69, 9.17) is 4.42 Å². The maximum atomic E-state index is 12.6. The molecule has 3 heterocycles. The van der Waals surface area contributed by atoms with Crippen molar-refractivity contribution in [1.29, 1.82) is 0 Å². The number of H-pyrrole nitrogens is 1. The maximum absolute atomic E-state index is 12.6. The molecule has 0 bridgehead atoms. The van der Waals surface area contributed by atoms with E-state index < -0.39 is 0 Å². The van der Waals surface area contributed by atoms with Crippen LogP contribution in [0.4, 0.5) is 5.69 Å². The number of carbonyl (C=O) groups is 1. The number of nitrogens with one attached hydrogen (secondary N) is 2. The Morgan fingerprint density at radius 2 is 2.12 bits per heavy atom. The number of nitrogens with zero attached hydrogens (tertiary/aromatic N) is 2. The summed E-state index contributed by atoms with van der Waals surface area (Å²) in [6.45, 7) is 0. The highest BCUT2D eigenvalue weighted by molar-refractivity contribution is 7.14. The molecule has 3 aromatic heterocycles. The van der Waals surface area contributed by atoms with Crippen molar-refractivity contribution < 1.29 is 9.21 Å². The molecular formula is C18H14N4O2S. The second kappa shape index (κ2) is 5.56. The number of benzene rings is 1. The van der Waals surface area contributed by atoms with Gasteiger partial charge in [0.15, 0.2) is 0 Å². The smallest absolute Gasteiger partial charge is 0.272 e. The summed E-state index contributed by atoms with van der Waals surface area (Å²) >= 11 is 1.47. The van der Waals surface area contributed by atoms with Gasteiger partial charge in [-0.05, 0) is 36.4 Å². The Kier molecular flexibility index (Phi) is 3.21. The van der Waals surface area contributed by atoms with Gasteiger partial charge in [-0.2, -0.15) is 0 Å². The summed E-state index contributed by atoms with van der Waals surface area (Å²) < 4.78 is 5.76. The average Bonchev–Trinajstić information content (AvgIpc) is 3.03. The normalized spacial score (nSPS) is 14.1. The fourth-order valence-corrected chi connectivity index (χ4v) is 3.55. The van der Waals surface area contributed by atoms with Gasteiger partial charge in [-0.25, -0.2) is 0 Å². The number of anilines is 1. The van der Waals surface area contributed by atoms with Gasteiger partial charge in [-0.15, -0.1) is 21.5 Å². The molecule has 124 valence electrons. The fraction of sp³-hybridized carbons (Fsp3) is 0.167. The van der Waals surface area contributed by atoms with Crippen molar-refractivity contribution in [3.05, 3.63) is 53.4 Å². The zero-order chi connectivity index (χ0) is 16.8. The Balaban J connectivity index is 1.42. The molecule has 1 aliphatic rings. The van der Waals surface area contributed by atoms with Crippen LogP contribution in [0.5, 0.6) is 0 Å². The van der Waals surface area contributed by atoms with Crippen LogP contribution >= 0.6 is 11.3 Å². The summed E-state index contributed by atoms with van der Waals surface area (Å²) in [5.41, 5.74) is 2.13. The minimum Gasteiger partial charge on any atom is -0.420 e. The van der Waals surface area contributed by atoms with Crippen LogP contribution in [-0.4, -0.2) is 21.1 Å². The third-order valence-corrected chi connectivity index (χ3v) is 5.15. The zero-order valence-electron chi connectivity index (χ0n) is 13.2. The van der Waals surface area contributed by atoms with Gasteiger partial charge < -0.3 is 14.7 Å². The molecule has 0 unspecified atom stereocenters. The number of thiophene rings is 1. The van der Waals surface area contributed by atoms with E-state index in [2.05, 4.69) is 20.5 Å². The van der Waals surface area contributed by atoms with E-state index in [9.17, 15) is 4.79 Å². The van der Waals surface area contributed by atoms with Gasteiger partial charge in [-0.1, -0.05) is 18.2 Å². The van der Waals surface area contributed by atoms with E-state index in [1.54, 1.807) is 0 Å². The molecule has 25 heavy (non-hydrogen) atoms. The van der Waals surface area contributed by atoms with E-state index in [1.807, 2.05) is 41.8 Å². The van der Waals surface area contributed by atoms with E-state index in [0.29, 0.717) is 29.1 Å². The van der Waals surface area contributed by atoms with Crippen LogP contribution < -0.4 is 5.32 Å². The Morgan fingerprint density at radius 3 is 2.96 bits per heavy atom. The van der Waals surface area contributed by atoms with Gasteiger partial charge in [-0.3, -0.25) is 4.79 Å². The molecule has 0 atom stereocenters. The third kappa shape index (κ3) is 2.62. The number of hydrogen-bond donors (Lipinski definition) is 2. The van der Waals surface area contributed by atoms with Crippen molar-refractivity contribution in [2.24, 2.45) is 0 Å². The largest absolute Gasteiger partial charge is 0.420 e. The zero-order valence-corrected chi connectivity index (χ0v) is 14.0. The summed E-state index contributed by atoms with van der Waals surface area (Å²) in [5.74, 6) is 1.36. The summed E-state index contributed by atoms with van der Waals surface area (Å²) in [7, 11) is 0. The number of amides is 1. The minimum absolute atomic E-state index is 0.196. The lowest BCUT2D eigenvalue weighted by Gasteiger charge is -2.02. The van der Waals surface area contributed by atoms with E-state index in [1.165, 1.54) is 11.3 Å². The molecule has 6 nitrogen and oxygen atoms in total. The van der Waals surface area contributed by atoms with Crippen molar-refractivity contribution in [2.75, 3.05) is 5.32 Å². The van der Waals surface area contributed by atoms with Crippen LogP contribution in [0, 0.1) is 0 Å². The monoisotopic (exact) mass is 350 g/mol. The molecule has 5 rings (SSSR count). The van der Waals surface area contributed by atoms with Crippen LogP contribution in [0.15, 0.2) is 46.2 Å². The molecule has 1 fully saturated rings. The predicted molar refractivity (Wildman–Crippen MR) is 95.8 cm³/mol. The van der Waals surface area contributed by atoms with Crippen LogP contribution in [0.3, 0.4) is 0 Å². The molecular weight excluding hydrogens is 336 g/mol. The minimum atomic E-state index is -0.196. The summed E-state index contributed by atoms with van der Waals surface area (Å²) in [5, 5.41) is 14.1. The maximum Gasteiger partial charge on any atom is 0.272 e. The van der Waals surface area contributed by atoms with Crippen molar-refractivity contribution in [2.45, 2.75) is 18.8 Å². The lowest BCUT2D eigenvalue weighted by molar-refractivity contribution is 0.102. The Bertz CT molecular complexity index is 1040. The number of hydrogen-bond acceptors (Lipinski definition) is 5. The highest BCUT2D eigenvalue weighted by atomic mass is 32.1. The summed E-state index contributed by atoms with van der Waals surface area (Å²) in [6.07, 6.45) is 2.21. The van der Waals surface area contributed by atoms with E-state index in [0.717, 1.165) is 28.6 Å². The second-order valence-electron chi connectivity index (χ2n) is 6.11. The van der Waals surface area contributed by atoms with Gasteiger partial charge in [0.2, 0.25) is 5.89 Å². The summed E-state index contributed by atoms with van der Waals surface area (Å²) in [6, 6.07) is 11.5. The molecule has 1 aromatic carbocycles. The van der Waals surface area contributed by atoms with Crippen molar-refractivity contribution in [1.82, 2.24) is 15.2 Å². The molecule has 1 aliphatic carbocycles. The van der Waals surface area contributed by atoms with E-state index >= 15 is 0 Å². The second-order valence-corrected chi connectivity index (χ2v) is 7.02. The standard InChI is InChI=1S/C18H14N4O2S/c23-16(14-9-11-3-1-2-4-12(11)19-14)20-13-7-8-25-15(13)18-22-21-17(24-18)10-5-6-10/h1-4,7-10,19H,5-6H2,(H,20,23). The van der Waals surface area contributed by atoms with Crippen molar-refractivity contribution in [3.63, 3.8) is 0 Å². The van der Waals surface area contributed by atoms with Gasteiger partial charge >= 0.3 is 0 Å². The molecule has 1 saturated carbocycles. The van der Waals surface area contributed by atoms with Crippen LogP contribution in [0.1, 0.15) is 35.1 Å². The van der Waals surface area contributed by atoms with Gasteiger partial charge in [0.05, 0.1) is 5.69 Å². The molecule has 0 aliphatic heterocycles. The molecule has 0 radical (unpaired) electrons. The summed E-state index contributed by atoms with van der Waals surface area (Å²) in [4.78, 5) is 16.5. The third-order valence-electron chi connectivity index (χ3n) is 4.25. The molecule has 0 saturated heterocycles. The quantitative estimate of drug-likeness (QED) is 0.571. The molecule has 2 N–H and O–H groups in total. The number of aromatic nitrogens is 3. The van der Waals surface area contributed by atoms with Crippen molar-refractivity contribution in [3.8, 4) is 10.8 Å². The number of rotatable bonds is 4. The lowest BCUT2D eigenvalue weighted by atomic mass is 10.2. The van der Waals surface area contributed by atoms with Crippen LogP contribution in [0.25, 0.3) is 21.7 Å². The molecule has 1 amide bonds. The Morgan fingerprint density at radius 1 is 1.24 bits per heavy atom. The number of fused-ring (bicyclic) bond motifs is 1. The SMILES string of the molecule is O=C(Nc1ccsc1-c1nnc(C2CC2)o1)c1cc2ccccc2[nH]1. The van der Waals surface area contributed by atoms with Gasteiger partial charge in [0.25, 0.3) is 11.8 Å². The first-order valence-electron chi connectivity index (χ1n) is 8.08. The Hall–Kier alpha value is -2.93. The molecule has 4 aromatic rings. The molecule has 7 heteroatoms. The van der Waals surface area contributed by atoms with Crippen molar-refractivity contribution >= 4 is 33.8 Å². The average molecular weight is 350 g/mol. The first-order chi connectivity index (χ1) is 12.3. The topological polar surface area (TPSA) is 83.8 Å². The number of para-hydroxylation sites is 1.